The second-order valence-corrected chi connectivity index (χ2v) is 4.09. The Kier molecular flexibility index (Phi) is 6.24. The van der Waals surface area contributed by atoms with Gasteiger partial charge in [0.15, 0.2) is 0 Å². The maximum Gasteiger partial charge on any atom is 0.245 e. The molecule has 0 aliphatic carbocycles. The van der Waals surface area contributed by atoms with E-state index in [4.69, 9.17) is 9.84 Å². The molecule has 7 heteroatoms. The molecule has 0 amide bonds. The van der Waals surface area contributed by atoms with E-state index in [1.165, 1.54) is 6.20 Å². The molecule has 0 bridgehead atoms. The highest BCUT2D eigenvalue weighted by molar-refractivity contribution is 6.99. The summed E-state index contributed by atoms with van der Waals surface area (Å²) in [7, 11) is 0. The van der Waals surface area contributed by atoms with Gasteiger partial charge in [-0.2, -0.15) is 4.37 Å². The molecule has 1 aromatic heterocycles. The number of ether oxygens (including phenoxy) is 1. The Balaban J connectivity index is 2.09. The van der Waals surface area contributed by atoms with Gasteiger partial charge in [0.05, 0.1) is 11.7 Å². The molecule has 0 aliphatic heterocycles. The van der Waals surface area contributed by atoms with Crippen molar-refractivity contribution in [3.05, 3.63) is 6.20 Å². The van der Waals surface area contributed by atoms with E-state index >= 15 is 0 Å². The van der Waals surface area contributed by atoms with Crippen LogP contribution in [0.25, 0.3) is 0 Å². The molecule has 0 radical (unpaired) electrons. The van der Waals surface area contributed by atoms with Crippen molar-refractivity contribution in [2.24, 2.45) is 0 Å². The standard InChI is InChI=1S/C9H17N3O3S/c1-7(2-3-13)10-4-8(14)6-15-9-5-11-16-12-9/h5,7-8,10,13-14H,2-4,6H2,1H3. The Morgan fingerprint density at radius 1 is 1.62 bits per heavy atom. The van der Waals surface area contributed by atoms with Crippen molar-refractivity contribution in [2.45, 2.75) is 25.5 Å². The van der Waals surface area contributed by atoms with E-state index in [2.05, 4.69) is 14.1 Å². The zero-order valence-corrected chi connectivity index (χ0v) is 9.98. The van der Waals surface area contributed by atoms with Gasteiger partial charge in [-0.05, 0) is 13.3 Å². The molecule has 2 atom stereocenters. The van der Waals surface area contributed by atoms with Crippen molar-refractivity contribution in [3.63, 3.8) is 0 Å². The van der Waals surface area contributed by atoms with Crippen LogP contribution in [0.5, 0.6) is 5.88 Å². The predicted octanol–water partition coefficient (Wildman–Crippen LogP) is -0.362. The molecular formula is C9H17N3O3S. The molecule has 0 saturated heterocycles. The Bertz CT molecular complexity index is 271. The second kappa shape index (κ2) is 7.50. The van der Waals surface area contributed by atoms with E-state index in [1.807, 2.05) is 6.92 Å². The monoisotopic (exact) mass is 247 g/mol. The van der Waals surface area contributed by atoms with Gasteiger partial charge in [-0.1, -0.05) is 0 Å². The average molecular weight is 247 g/mol. The van der Waals surface area contributed by atoms with Crippen molar-refractivity contribution in [2.75, 3.05) is 19.8 Å². The lowest BCUT2D eigenvalue weighted by atomic mass is 10.2. The normalized spacial score (nSPS) is 14.7. The number of hydrogen-bond donors (Lipinski definition) is 3. The van der Waals surface area contributed by atoms with Crippen LogP contribution in [-0.2, 0) is 0 Å². The van der Waals surface area contributed by atoms with Crippen LogP contribution in [0.3, 0.4) is 0 Å². The fourth-order valence-corrected chi connectivity index (χ4v) is 1.46. The van der Waals surface area contributed by atoms with E-state index in [-0.39, 0.29) is 19.3 Å². The minimum absolute atomic E-state index is 0.144. The van der Waals surface area contributed by atoms with Gasteiger partial charge in [0.1, 0.15) is 18.9 Å². The van der Waals surface area contributed by atoms with Crippen LogP contribution in [0, 0.1) is 0 Å². The second-order valence-electron chi connectivity index (χ2n) is 3.53. The molecule has 1 heterocycles. The van der Waals surface area contributed by atoms with Gasteiger partial charge in [0, 0.05) is 19.2 Å². The fourth-order valence-electron chi connectivity index (χ4n) is 1.09. The molecule has 1 aromatic rings. The molecule has 2 unspecified atom stereocenters. The topological polar surface area (TPSA) is 87.5 Å². The smallest absolute Gasteiger partial charge is 0.245 e. The summed E-state index contributed by atoms with van der Waals surface area (Å²) >= 11 is 1.07. The quantitative estimate of drug-likeness (QED) is 0.581. The molecule has 0 aromatic carbocycles. The Morgan fingerprint density at radius 3 is 3.06 bits per heavy atom. The molecule has 0 spiro atoms. The first kappa shape index (κ1) is 13.3. The van der Waals surface area contributed by atoms with Gasteiger partial charge in [0.2, 0.25) is 5.88 Å². The van der Waals surface area contributed by atoms with E-state index < -0.39 is 6.10 Å². The van der Waals surface area contributed by atoms with Crippen LogP contribution >= 0.6 is 11.7 Å². The fraction of sp³-hybridized carbons (Fsp3) is 0.778. The summed E-state index contributed by atoms with van der Waals surface area (Å²) in [5, 5.41) is 21.3. The molecule has 16 heavy (non-hydrogen) atoms. The van der Waals surface area contributed by atoms with Crippen molar-refractivity contribution in [1.82, 2.24) is 14.1 Å². The number of nitrogens with one attached hydrogen (secondary N) is 1. The number of aromatic nitrogens is 2. The number of nitrogens with zero attached hydrogens (tertiary/aromatic N) is 2. The average Bonchev–Trinajstić information content (AvgIpc) is 2.77. The van der Waals surface area contributed by atoms with Crippen molar-refractivity contribution in [1.29, 1.82) is 0 Å². The SMILES string of the molecule is CC(CCO)NCC(O)COc1cnsn1. The van der Waals surface area contributed by atoms with Crippen molar-refractivity contribution < 1.29 is 14.9 Å². The van der Waals surface area contributed by atoms with Crippen LogP contribution in [0.4, 0.5) is 0 Å². The largest absolute Gasteiger partial charge is 0.473 e. The molecule has 6 nitrogen and oxygen atoms in total. The summed E-state index contributed by atoms with van der Waals surface area (Å²) in [5.41, 5.74) is 0. The maximum atomic E-state index is 9.57. The van der Waals surface area contributed by atoms with Gasteiger partial charge in [-0.15, -0.1) is 4.37 Å². The summed E-state index contributed by atoms with van der Waals surface area (Å²) in [4.78, 5) is 0. The van der Waals surface area contributed by atoms with Crippen LogP contribution in [0.2, 0.25) is 0 Å². The summed E-state index contributed by atoms with van der Waals surface area (Å²) in [6, 6.07) is 0.181. The number of aliphatic hydroxyl groups is 2. The van der Waals surface area contributed by atoms with Crippen LogP contribution in [0.15, 0.2) is 6.20 Å². The highest BCUT2D eigenvalue weighted by Crippen LogP contribution is 2.05. The molecule has 1 rings (SSSR count). The first-order chi connectivity index (χ1) is 7.72. The van der Waals surface area contributed by atoms with Crippen LogP contribution in [-0.4, -0.2) is 50.9 Å². The van der Waals surface area contributed by atoms with Crippen LogP contribution < -0.4 is 10.1 Å². The lowest BCUT2D eigenvalue weighted by Gasteiger charge is -2.16. The molecule has 0 fully saturated rings. The van der Waals surface area contributed by atoms with E-state index in [0.717, 1.165) is 11.7 Å². The Labute approximate surface area is 98.6 Å². The molecule has 0 aliphatic rings. The van der Waals surface area contributed by atoms with Crippen molar-refractivity contribution >= 4 is 11.7 Å². The number of rotatable bonds is 8. The van der Waals surface area contributed by atoms with Gasteiger partial charge in [-0.25, -0.2) is 0 Å². The highest BCUT2D eigenvalue weighted by atomic mass is 32.1. The maximum absolute atomic E-state index is 9.57. The van der Waals surface area contributed by atoms with Gasteiger partial charge in [-0.3, -0.25) is 0 Å². The predicted molar refractivity (Wildman–Crippen MR) is 60.6 cm³/mol. The lowest BCUT2D eigenvalue weighted by Crippen LogP contribution is -2.37. The number of hydrogen-bond acceptors (Lipinski definition) is 7. The molecular weight excluding hydrogens is 230 g/mol. The minimum atomic E-state index is -0.595. The number of aliphatic hydroxyl groups excluding tert-OH is 2. The first-order valence-corrected chi connectivity index (χ1v) is 5.88. The summed E-state index contributed by atoms with van der Waals surface area (Å²) < 4.78 is 12.8. The zero-order chi connectivity index (χ0) is 11.8. The third-order valence-electron chi connectivity index (χ3n) is 2.03. The van der Waals surface area contributed by atoms with E-state index in [9.17, 15) is 5.11 Å². The third-order valence-corrected chi connectivity index (χ3v) is 2.49. The molecule has 0 saturated carbocycles. The molecule has 92 valence electrons. The summed E-state index contributed by atoms with van der Waals surface area (Å²) in [6.45, 7) is 2.71. The first-order valence-electron chi connectivity index (χ1n) is 5.15. The van der Waals surface area contributed by atoms with Crippen LogP contribution in [0.1, 0.15) is 13.3 Å². The summed E-state index contributed by atoms with van der Waals surface area (Å²) in [5.74, 6) is 0.437. The van der Waals surface area contributed by atoms with Gasteiger partial charge < -0.3 is 20.3 Å². The third kappa shape index (κ3) is 5.36. The Morgan fingerprint density at radius 2 is 2.44 bits per heavy atom. The lowest BCUT2D eigenvalue weighted by molar-refractivity contribution is 0.101. The zero-order valence-electron chi connectivity index (χ0n) is 9.17. The Hall–Kier alpha value is -0.760. The van der Waals surface area contributed by atoms with E-state index in [0.29, 0.717) is 18.8 Å². The molecule has 3 N–H and O–H groups in total. The summed E-state index contributed by atoms with van der Waals surface area (Å²) in [6.07, 6.45) is 1.59. The minimum Gasteiger partial charge on any atom is -0.473 e. The van der Waals surface area contributed by atoms with E-state index in [1.54, 1.807) is 0 Å². The van der Waals surface area contributed by atoms with Gasteiger partial charge >= 0.3 is 0 Å². The highest BCUT2D eigenvalue weighted by Gasteiger charge is 2.08. The van der Waals surface area contributed by atoms with Gasteiger partial charge in [0.25, 0.3) is 0 Å². The van der Waals surface area contributed by atoms with Crippen molar-refractivity contribution in [3.8, 4) is 5.88 Å².